The Morgan fingerprint density at radius 3 is 2.18 bits per heavy atom. The Hall–Kier alpha value is -2.80. The number of benzene rings is 2. The maximum absolute atomic E-state index is 16.0. The summed E-state index contributed by atoms with van der Waals surface area (Å²) < 4.78 is 69.2. The summed E-state index contributed by atoms with van der Waals surface area (Å²) in [4.78, 5) is 30.0. The van der Waals surface area contributed by atoms with E-state index in [0.717, 1.165) is 12.7 Å². The number of pyridine rings is 1. The number of carbonyl (C=O) groups excluding carboxylic acids is 2. The van der Waals surface area contributed by atoms with Gasteiger partial charge in [0.2, 0.25) is 0 Å². The van der Waals surface area contributed by atoms with Crippen LogP contribution in [0.15, 0.2) is 24.3 Å². The smallest absolute Gasteiger partial charge is 0.417 e. The third kappa shape index (κ3) is 9.74. The number of likely N-dealkylation sites (tertiary alicyclic amines) is 1. The molecule has 0 spiro atoms. The fourth-order valence-corrected chi connectivity index (χ4v) is 6.75. The SMILES string of the molecule is CCOS(C)(C)C(C)(C)C.Cc1cccc(-c2c(Cl)cc3c(NC4CCN(C(=O)OC(C)(C)C)CC4)c(C=O)c(Cl)nc3c2F)c1C(F)(F)F. The highest BCUT2D eigenvalue weighted by molar-refractivity contribution is 8.29. The van der Waals surface area contributed by atoms with E-state index in [1.807, 2.05) is 0 Å². The number of halogens is 6. The van der Waals surface area contributed by atoms with E-state index in [1.165, 1.54) is 25.1 Å². The molecule has 0 aliphatic carbocycles. The Morgan fingerprint density at radius 1 is 1.10 bits per heavy atom. The van der Waals surface area contributed by atoms with Crippen molar-refractivity contribution in [1.82, 2.24) is 9.88 Å². The Kier molecular flexibility index (Phi) is 13.2. The van der Waals surface area contributed by atoms with Crippen LogP contribution in [0.2, 0.25) is 10.2 Å². The Balaban J connectivity index is 0.000000588. The average Bonchev–Trinajstić information content (AvgIpc) is 2.96. The summed E-state index contributed by atoms with van der Waals surface area (Å²) in [5.41, 5.74) is -2.87. The number of aldehydes is 1. The van der Waals surface area contributed by atoms with Gasteiger partial charge >= 0.3 is 12.3 Å². The number of hydrogen-bond acceptors (Lipinski definition) is 6. The monoisotopic (exact) mass is 763 g/mol. The normalized spacial score (nSPS) is 15.0. The number of ether oxygens (including phenoxy) is 1. The van der Waals surface area contributed by atoms with E-state index in [4.69, 9.17) is 32.1 Å². The van der Waals surface area contributed by atoms with Gasteiger partial charge in [-0.2, -0.15) is 13.2 Å². The lowest BCUT2D eigenvalue weighted by molar-refractivity contribution is -0.137. The van der Waals surface area contributed by atoms with Crippen molar-refractivity contribution in [3.05, 3.63) is 56.9 Å². The first-order valence-electron chi connectivity index (χ1n) is 16.2. The number of aromatic nitrogens is 1. The lowest BCUT2D eigenvalue weighted by Crippen LogP contribution is -2.44. The molecule has 7 nitrogen and oxygen atoms in total. The fourth-order valence-electron chi connectivity index (χ4n) is 5.29. The zero-order valence-electron chi connectivity index (χ0n) is 30.2. The first-order chi connectivity index (χ1) is 22.9. The highest BCUT2D eigenvalue weighted by atomic mass is 35.5. The Morgan fingerprint density at radius 2 is 1.70 bits per heavy atom. The number of hydrogen-bond donors (Lipinski definition) is 1. The molecule has 0 atom stereocenters. The Bertz CT molecular complexity index is 1720. The van der Waals surface area contributed by atoms with Crippen LogP contribution in [0.3, 0.4) is 0 Å². The molecular weight excluding hydrogens is 717 g/mol. The summed E-state index contributed by atoms with van der Waals surface area (Å²) in [6, 6.07) is 4.85. The number of rotatable bonds is 6. The van der Waals surface area contributed by atoms with Gasteiger partial charge in [0, 0.05) is 34.8 Å². The molecule has 0 radical (unpaired) electrons. The van der Waals surface area contributed by atoms with Crippen molar-refractivity contribution in [2.75, 3.05) is 37.5 Å². The van der Waals surface area contributed by atoms with Crippen LogP contribution in [-0.2, 0) is 15.1 Å². The third-order valence-electron chi connectivity index (χ3n) is 8.49. The molecule has 1 aliphatic rings. The van der Waals surface area contributed by atoms with Crippen LogP contribution in [-0.4, -0.2) is 70.9 Å². The van der Waals surface area contributed by atoms with Gasteiger partial charge in [0.25, 0.3) is 0 Å². The van der Waals surface area contributed by atoms with Crippen molar-refractivity contribution in [3.63, 3.8) is 0 Å². The summed E-state index contributed by atoms with van der Waals surface area (Å²) in [6.07, 6.45) is 0.658. The minimum absolute atomic E-state index is 0.0431. The Labute approximate surface area is 303 Å². The molecule has 0 saturated carbocycles. The first-order valence-corrected chi connectivity index (χ1v) is 19.3. The van der Waals surface area contributed by atoms with Gasteiger partial charge in [-0.05, 0) is 77.2 Å². The van der Waals surface area contributed by atoms with E-state index in [9.17, 15) is 22.8 Å². The number of anilines is 1. The third-order valence-corrected chi connectivity index (χ3v) is 12.8. The molecule has 1 aromatic heterocycles. The van der Waals surface area contributed by atoms with Crippen molar-refractivity contribution >= 4 is 62.5 Å². The van der Waals surface area contributed by atoms with Gasteiger partial charge in [-0.1, -0.05) is 62.2 Å². The number of nitrogens with zero attached hydrogens (tertiary/aromatic N) is 2. The molecule has 0 unspecified atom stereocenters. The summed E-state index contributed by atoms with van der Waals surface area (Å²) >= 11 is 12.7. The topological polar surface area (TPSA) is 80.8 Å². The molecule has 4 rings (SSSR count). The number of aryl methyl sites for hydroxylation is 1. The zero-order valence-corrected chi connectivity index (χ0v) is 32.5. The lowest BCUT2D eigenvalue weighted by Gasteiger charge is -2.43. The number of amides is 1. The van der Waals surface area contributed by atoms with Gasteiger partial charge in [0.05, 0.1) is 28.4 Å². The predicted molar refractivity (Wildman–Crippen MR) is 198 cm³/mol. The molecule has 278 valence electrons. The van der Waals surface area contributed by atoms with Crippen LogP contribution in [0, 0.1) is 12.7 Å². The van der Waals surface area contributed by atoms with Crippen molar-refractivity contribution < 1.29 is 36.1 Å². The molecule has 1 amide bonds. The van der Waals surface area contributed by atoms with E-state index in [1.54, 1.807) is 25.7 Å². The molecule has 14 heteroatoms. The summed E-state index contributed by atoms with van der Waals surface area (Å²) in [5.74, 6) is -1.10. The number of nitrogens with one attached hydrogen (secondary N) is 1. The van der Waals surface area contributed by atoms with E-state index in [0.29, 0.717) is 37.0 Å². The molecule has 1 saturated heterocycles. The lowest BCUT2D eigenvalue weighted by atomic mass is 9.93. The van der Waals surface area contributed by atoms with Gasteiger partial charge in [-0.25, -0.2) is 14.2 Å². The zero-order chi connectivity index (χ0) is 38.0. The molecule has 1 N–H and O–H groups in total. The molecule has 2 heterocycles. The van der Waals surface area contributed by atoms with Crippen LogP contribution in [0.5, 0.6) is 0 Å². The minimum atomic E-state index is -4.77. The molecule has 50 heavy (non-hydrogen) atoms. The van der Waals surface area contributed by atoms with Crippen molar-refractivity contribution in [1.29, 1.82) is 0 Å². The molecule has 0 bridgehead atoms. The van der Waals surface area contributed by atoms with E-state index in [-0.39, 0.29) is 43.9 Å². The van der Waals surface area contributed by atoms with Gasteiger partial charge in [0.1, 0.15) is 16.3 Å². The fraction of sp³-hybridized carbons (Fsp3) is 0.528. The van der Waals surface area contributed by atoms with Crippen LogP contribution < -0.4 is 5.32 Å². The van der Waals surface area contributed by atoms with E-state index < -0.39 is 50.7 Å². The average molecular weight is 765 g/mol. The summed E-state index contributed by atoms with van der Waals surface area (Å²) in [7, 11) is -0.848. The summed E-state index contributed by atoms with van der Waals surface area (Å²) in [6.45, 7) is 16.9. The highest BCUT2D eigenvalue weighted by Gasteiger charge is 2.37. The van der Waals surface area contributed by atoms with Gasteiger partial charge in [-0.15, -0.1) is 10.3 Å². The van der Waals surface area contributed by atoms with E-state index in [2.05, 4.69) is 50.5 Å². The second-order valence-corrected chi connectivity index (χ2v) is 19.1. The summed E-state index contributed by atoms with van der Waals surface area (Å²) in [5, 5.41) is 2.70. The second-order valence-electron chi connectivity index (χ2n) is 14.4. The van der Waals surface area contributed by atoms with Crippen molar-refractivity contribution in [3.8, 4) is 11.1 Å². The number of fused-ring (bicyclic) bond motifs is 1. The maximum atomic E-state index is 16.0. The second kappa shape index (κ2) is 15.8. The van der Waals surface area contributed by atoms with Crippen molar-refractivity contribution in [2.24, 2.45) is 0 Å². The predicted octanol–water partition coefficient (Wildman–Crippen LogP) is 11.1. The number of carbonyl (C=O) groups is 2. The van der Waals surface area contributed by atoms with Crippen LogP contribution in [0.4, 0.5) is 28.0 Å². The standard InChI is InChI=1S/C28H27Cl2F4N3O3.C8H20OS/c1-14-6-5-7-16(21(14)28(32,33)34)20-19(29)12-17-23(18(13-38)25(30)36-24(17)22(20)31)35-15-8-10-37(11-9-15)26(39)40-27(2,3)4;1-7-9-10(5,6)8(2,3)4/h5-7,12-13,15H,8-11H2,1-4H3,(H,35,36);7H2,1-6H3. The maximum Gasteiger partial charge on any atom is 0.417 e. The van der Waals surface area contributed by atoms with Gasteiger partial charge < -0.3 is 19.1 Å². The van der Waals surface area contributed by atoms with Gasteiger partial charge in [0.15, 0.2) is 12.1 Å². The molecule has 3 aromatic rings. The van der Waals surface area contributed by atoms with E-state index >= 15 is 4.39 Å². The minimum Gasteiger partial charge on any atom is -0.444 e. The van der Waals surface area contributed by atoms with Crippen LogP contribution >= 0.6 is 33.5 Å². The van der Waals surface area contributed by atoms with Crippen LogP contribution in [0.1, 0.15) is 82.8 Å². The van der Waals surface area contributed by atoms with Gasteiger partial charge in [-0.3, -0.25) is 4.79 Å². The number of piperidine rings is 1. The molecule has 2 aromatic carbocycles. The first kappa shape index (κ1) is 41.6. The quantitative estimate of drug-likeness (QED) is 0.153. The van der Waals surface area contributed by atoms with Crippen molar-refractivity contribution in [2.45, 2.75) is 90.8 Å². The molecule has 1 fully saturated rings. The molecule has 1 aliphatic heterocycles. The highest BCUT2D eigenvalue weighted by Crippen LogP contribution is 2.53. The molecular formula is C36H47Cl2F4N3O4S. The number of alkyl halides is 3. The van der Waals surface area contributed by atoms with Crippen LogP contribution in [0.25, 0.3) is 22.0 Å². The largest absolute Gasteiger partial charge is 0.444 e.